The number of carbonyl (C=O) groups is 1. The first-order valence-corrected chi connectivity index (χ1v) is 34.0. The van der Waals surface area contributed by atoms with Crippen LogP contribution in [-0.4, -0.2) is 110 Å². The first-order chi connectivity index (χ1) is 39.2. The third-order valence-corrected chi connectivity index (χ3v) is 16.3. The number of carbonyl (C=O) groups excluding carboxylic acids is 1. The van der Waals surface area contributed by atoms with Crippen LogP contribution in [0.25, 0.3) is 0 Å². The summed E-state index contributed by atoms with van der Waals surface area (Å²) in [7, 11) is 0. The monoisotopic (exact) mass is 1130 g/mol. The Hall–Kier alpha value is -1.93. The van der Waals surface area contributed by atoms with Gasteiger partial charge in [0, 0.05) is 0 Å². The van der Waals surface area contributed by atoms with E-state index >= 15 is 0 Å². The van der Waals surface area contributed by atoms with Crippen molar-refractivity contribution < 1.29 is 50.0 Å². The second-order valence-electron chi connectivity index (χ2n) is 23.9. The van der Waals surface area contributed by atoms with E-state index < -0.39 is 74.2 Å². The fourth-order valence-electron chi connectivity index (χ4n) is 10.8. The summed E-state index contributed by atoms with van der Waals surface area (Å²) in [6.45, 7) is 3.47. The third kappa shape index (κ3) is 44.6. The molecule has 11 heteroatoms. The van der Waals surface area contributed by atoms with E-state index in [4.69, 9.17) is 9.47 Å². The van der Waals surface area contributed by atoms with Crippen molar-refractivity contribution in [1.82, 2.24) is 5.32 Å². The highest BCUT2D eigenvalue weighted by Gasteiger charge is 2.44. The zero-order chi connectivity index (χ0) is 58.2. The maximum atomic E-state index is 13.2. The van der Waals surface area contributed by atoms with Gasteiger partial charge in [0.1, 0.15) is 36.6 Å². The molecule has 8 N–H and O–H groups in total. The molecule has 9 unspecified atom stereocenters. The Kier molecular flexibility index (Phi) is 54.7. The zero-order valence-corrected chi connectivity index (χ0v) is 51.8. The highest BCUT2D eigenvalue weighted by atomic mass is 16.7. The van der Waals surface area contributed by atoms with Gasteiger partial charge in [0.05, 0.1) is 25.4 Å². The molecular formula is C69H129NO10. The lowest BCUT2D eigenvalue weighted by molar-refractivity contribution is -0.303. The van der Waals surface area contributed by atoms with Crippen LogP contribution in [-0.2, 0) is 14.3 Å². The second kappa shape index (κ2) is 57.5. The molecule has 80 heavy (non-hydrogen) atoms. The minimum absolute atomic E-state index is 0.241. The highest BCUT2D eigenvalue weighted by molar-refractivity contribution is 5.80. The van der Waals surface area contributed by atoms with Gasteiger partial charge in [0.25, 0.3) is 0 Å². The molecule has 470 valence electrons. The molecule has 0 aromatic heterocycles. The number of aliphatic hydroxyl groups excluding tert-OH is 7. The summed E-state index contributed by atoms with van der Waals surface area (Å²) in [5.74, 6) is -0.709. The van der Waals surface area contributed by atoms with Gasteiger partial charge in [-0.15, -0.1) is 0 Å². The molecule has 9 atom stereocenters. The van der Waals surface area contributed by atoms with Crippen LogP contribution >= 0.6 is 0 Å². The summed E-state index contributed by atoms with van der Waals surface area (Å²) in [6, 6.07) is -1.20. The van der Waals surface area contributed by atoms with Gasteiger partial charge in [-0.1, -0.05) is 274 Å². The maximum Gasteiger partial charge on any atom is 0.249 e. The summed E-state index contributed by atoms with van der Waals surface area (Å²) in [5.41, 5.74) is 0. The van der Waals surface area contributed by atoms with Gasteiger partial charge in [0.15, 0.2) is 6.29 Å². The molecule has 0 aliphatic carbocycles. The van der Waals surface area contributed by atoms with Crippen molar-refractivity contribution in [2.45, 2.75) is 371 Å². The summed E-state index contributed by atoms with van der Waals surface area (Å²) in [6.07, 6.45) is 63.3. The van der Waals surface area contributed by atoms with E-state index in [1.54, 1.807) is 0 Å². The van der Waals surface area contributed by atoms with E-state index in [1.807, 2.05) is 0 Å². The van der Waals surface area contributed by atoms with E-state index in [0.29, 0.717) is 19.3 Å². The number of aliphatic hydroxyl groups is 7. The molecule has 1 aliphatic heterocycles. The van der Waals surface area contributed by atoms with Crippen LogP contribution < -0.4 is 5.32 Å². The summed E-state index contributed by atoms with van der Waals surface area (Å²) in [5, 5.41) is 76.4. The molecule has 1 amide bonds. The van der Waals surface area contributed by atoms with Gasteiger partial charge >= 0.3 is 0 Å². The molecule has 0 bridgehead atoms. The van der Waals surface area contributed by atoms with Gasteiger partial charge < -0.3 is 50.5 Å². The Balaban J connectivity index is 2.23. The topological polar surface area (TPSA) is 189 Å². The molecule has 0 spiro atoms. The van der Waals surface area contributed by atoms with Gasteiger partial charge in [-0.2, -0.15) is 0 Å². The molecule has 0 aromatic carbocycles. The molecule has 0 radical (unpaired) electrons. The quantitative estimate of drug-likeness (QED) is 0.0215. The molecule has 11 nitrogen and oxygen atoms in total. The first kappa shape index (κ1) is 76.1. The zero-order valence-electron chi connectivity index (χ0n) is 51.8. The van der Waals surface area contributed by atoms with Crippen LogP contribution in [0.4, 0.5) is 0 Å². The Morgan fingerprint density at radius 2 is 0.750 bits per heavy atom. The van der Waals surface area contributed by atoms with Crippen LogP contribution in [0.15, 0.2) is 48.6 Å². The SMILES string of the molecule is CCCCCCCCCCC/C=C/CC/C=C/CC/C=C/CCCC(O)C(O)C(COC1OC(CO)C(O)C(O)C1O)NC(=O)C(O)CCCCCCCCCCCCCCCCC/C=C\CCCCCCCCCCCCCC. The standard InChI is InChI=1S/C69H129NO10/c1-3-5-7-9-11-13-15-17-19-21-23-25-27-28-29-30-31-32-33-34-35-37-39-41-43-45-47-49-51-53-55-57-62(73)68(78)70-60(59-79-69-67(77)66(76)65(75)63(58-71)80-69)64(74)61(72)56-54-52-50-48-46-44-42-40-38-36-26-24-22-20-18-16-14-12-10-8-6-4-2/h24,26,28-29,40,42,48,50,60-67,69,71-77H,3-23,25,27,30-39,41,43-47,49,51-59H2,1-2H3,(H,70,78)/b26-24+,29-28-,42-40+,50-48+. The lowest BCUT2D eigenvalue weighted by Crippen LogP contribution is -2.60. The van der Waals surface area contributed by atoms with Crippen LogP contribution in [0.2, 0.25) is 0 Å². The van der Waals surface area contributed by atoms with Gasteiger partial charge in [0.2, 0.25) is 5.91 Å². The summed E-state index contributed by atoms with van der Waals surface area (Å²) < 4.78 is 11.2. The minimum atomic E-state index is -1.67. The predicted octanol–water partition coefficient (Wildman–Crippen LogP) is 16.0. The molecule has 1 aliphatic rings. The van der Waals surface area contributed by atoms with Crippen LogP contribution in [0, 0.1) is 0 Å². The summed E-state index contributed by atoms with van der Waals surface area (Å²) in [4.78, 5) is 13.2. The average molecular weight is 1130 g/mol. The fraction of sp³-hybridized carbons (Fsp3) is 0.870. The molecule has 0 aromatic rings. The highest BCUT2D eigenvalue weighted by Crippen LogP contribution is 2.24. The van der Waals surface area contributed by atoms with Crippen molar-refractivity contribution in [3.63, 3.8) is 0 Å². The smallest absolute Gasteiger partial charge is 0.249 e. The largest absolute Gasteiger partial charge is 0.394 e. The van der Waals surface area contributed by atoms with Crippen molar-refractivity contribution in [1.29, 1.82) is 0 Å². The van der Waals surface area contributed by atoms with Crippen LogP contribution in [0.5, 0.6) is 0 Å². The fourth-order valence-corrected chi connectivity index (χ4v) is 10.8. The molecular weight excluding hydrogens is 1000 g/mol. The minimum Gasteiger partial charge on any atom is -0.394 e. The second-order valence-corrected chi connectivity index (χ2v) is 23.9. The maximum absolute atomic E-state index is 13.2. The molecule has 1 saturated heterocycles. The van der Waals surface area contributed by atoms with Gasteiger partial charge in [-0.05, 0) is 89.9 Å². The Morgan fingerprint density at radius 1 is 0.425 bits per heavy atom. The number of hydrogen-bond acceptors (Lipinski definition) is 10. The van der Waals surface area contributed by atoms with Gasteiger partial charge in [-0.3, -0.25) is 4.79 Å². The third-order valence-electron chi connectivity index (χ3n) is 16.3. The predicted molar refractivity (Wildman–Crippen MR) is 335 cm³/mol. The van der Waals surface area contributed by atoms with Gasteiger partial charge in [-0.25, -0.2) is 0 Å². The molecule has 0 saturated carbocycles. The Bertz CT molecular complexity index is 1440. The first-order valence-electron chi connectivity index (χ1n) is 34.0. The Morgan fingerprint density at radius 3 is 1.11 bits per heavy atom. The number of rotatable bonds is 59. The van der Waals surface area contributed by atoms with Crippen molar-refractivity contribution in [3.05, 3.63) is 48.6 Å². The number of hydrogen-bond donors (Lipinski definition) is 8. The van der Waals surface area contributed by atoms with E-state index in [1.165, 1.54) is 225 Å². The van der Waals surface area contributed by atoms with E-state index in [2.05, 4.69) is 67.8 Å². The van der Waals surface area contributed by atoms with E-state index in [-0.39, 0.29) is 12.8 Å². The van der Waals surface area contributed by atoms with Crippen molar-refractivity contribution in [2.75, 3.05) is 13.2 Å². The van der Waals surface area contributed by atoms with Crippen molar-refractivity contribution in [2.24, 2.45) is 0 Å². The molecule has 1 rings (SSSR count). The molecule has 1 heterocycles. The number of nitrogens with one attached hydrogen (secondary N) is 1. The number of unbranched alkanes of at least 4 members (excludes halogenated alkanes) is 39. The van der Waals surface area contributed by atoms with Crippen LogP contribution in [0.1, 0.15) is 316 Å². The average Bonchev–Trinajstić information content (AvgIpc) is 3.47. The summed E-state index contributed by atoms with van der Waals surface area (Å²) >= 11 is 0. The lowest BCUT2D eigenvalue weighted by Gasteiger charge is -2.40. The number of allylic oxidation sites excluding steroid dienone is 8. The van der Waals surface area contributed by atoms with E-state index in [0.717, 1.165) is 44.9 Å². The normalized spacial score (nSPS) is 19.5. The van der Waals surface area contributed by atoms with E-state index in [9.17, 15) is 40.5 Å². The van der Waals surface area contributed by atoms with Crippen molar-refractivity contribution in [3.8, 4) is 0 Å². The molecule has 1 fully saturated rings. The van der Waals surface area contributed by atoms with Crippen LogP contribution in [0.3, 0.4) is 0 Å². The van der Waals surface area contributed by atoms with Crippen molar-refractivity contribution >= 4 is 5.91 Å². The Labute approximate surface area is 491 Å². The number of amides is 1. The lowest BCUT2D eigenvalue weighted by atomic mass is 9.98. The number of ether oxygens (including phenoxy) is 2.